The maximum absolute atomic E-state index is 12.8. The van der Waals surface area contributed by atoms with Crippen molar-refractivity contribution in [1.82, 2.24) is 0 Å². The molecule has 0 saturated carbocycles. The fourth-order valence-electron chi connectivity index (χ4n) is 1.26. The van der Waals surface area contributed by atoms with Crippen LogP contribution in [0.25, 0.3) is 0 Å². The third-order valence-corrected chi connectivity index (χ3v) is 3.42. The highest BCUT2D eigenvalue weighted by Crippen LogP contribution is 2.25. The number of nitrogens with one attached hydrogen (secondary N) is 1. The van der Waals surface area contributed by atoms with Crippen molar-refractivity contribution in [3.8, 4) is 0 Å². The Bertz CT molecular complexity index is 498. The lowest BCUT2D eigenvalue weighted by molar-refractivity contribution is 0.516. The third-order valence-electron chi connectivity index (χ3n) is 2.06. The van der Waals surface area contributed by atoms with Crippen LogP contribution >= 0.6 is 31.9 Å². The highest BCUT2D eigenvalue weighted by atomic mass is 79.9. The molecule has 0 aliphatic heterocycles. The van der Waals surface area contributed by atoms with Gasteiger partial charge in [-0.1, -0.05) is 0 Å². The first kappa shape index (κ1) is 11.7. The quantitative estimate of drug-likeness (QED) is 0.879. The monoisotopic (exact) mass is 347 g/mol. The summed E-state index contributed by atoms with van der Waals surface area (Å²) in [6.07, 6.45) is 1.61. The second kappa shape index (κ2) is 5.01. The molecule has 0 radical (unpaired) electrons. The average Bonchev–Trinajstić information content (AvgIpc) is 2.63. The summed E-state index contributed by atoms with van der Waals surface area (Å²) < 4.78 is 19.7. The molecule has 0 aliphatic carbocycles. The van der Waals surface area contributed by atoms with Crippen molar-refractivity contribution >= 4 is 37.5 Å². The Hall–Kier alpha value is -0.810. The Morgan fingerprint density at radius 3 is 2.62 bits per heavy atom. The van der Waals surface area contributed by atoms with Crippen LogP contribution in [0.1, 0.15) is 5.76 Å². The van der Waals surface area contributed by atoms with E-state index in [1.54, 1.807) is 12.3 Å². The van der Waals surface area contributed by atoms with Gasteiger partial charge in [-0.15, -0.1) is 0 Å². The van der Waals surface area contributed by atoms with Gasteiger partial charge in [0.2, 0.25) is 0 Å². The largest absolute Gasteiger partial charge is 0.466 e. The van der Waals surface area contributed by atoms with Gasteiger partial charge in [-0.3, -0.25) is 0 Å². The lowest BCUT2D eigenvalue weighted by Gasteiger charge is -2.07. The van der Waals surface area contributed by atoms with Crippen LogP contribution in [-0.4, -0.2) is 0 Å². The average molecular weight is 349 g/mol. The number of halogens is 3. The van der Waals surface area contributed by atoms with Crippen LogP contribution in [-0.2, 0) is 6.54 Å². The van der Waals surface area contributed by atoms with Crippen LogP contribution in [0.15, 0.2) is 43.9 Å². The van der Waals surface area contributed by atoms with Crippen molar-refractivity contribution in [3.63, 3.8) is 0 Å². The minimum Gasteiger partial charge on any atom is -0.466 e. The predicted molar refractivity (Wildman–Crippen MR) is 67.8 cm³/mol. The van der Waals surface area contributed by atoms with Gasteiger partial charge in [-0.2, -0.15) is 0 Å². The molecule has 2 nitrogen and oxygen atoms in total. The maximum atomic E-state index is 12.8. The van der Waals surface area contributed by atoms with E-state index in [0.717, 1.165) is 15.9 Å². The third kappa shape index (κ3) is 2.65. The van der Waals surface area contributed by atoms with Crippen LogP contribution in [0.2, 0.25) is 0 Å². The van der Waals surface area contributed by atoms with Crippen LogP contribution in [0.3, 0.4) is 0 Å². The maximum Gasteiger partial charge on any atom is 0.136 e. The van der Waals surface area contributed by atoms with Crippen molar-refractivity contribution in [3.05, 3.63) is 51.1 Å². The molecule has 1 N–H and O–H groups in total. The molecule has 16 heavy (non-hydrogen) atoms. The second-order valence-electron chi connectivity index (χ2n) is 3.17. The van der Waals surface area contributed by atoms with Crippen molar-refractivity contribution in [2.45, 2.75) is 6.54 Å². The first-order valence-corrected chi connectivity index (χ1v) is 6.16. The number of benzene rings is 1. The van der Waals surface area contributed by atoms with E-state index in [1.807, 2.05) is 6.07 Å². The van der Waals surface area contributed by atoms with Crippen LogP contribution in [0, 0.1) is 5.82 Å². The predicted octanol–water partition coefficient (Wildman–Crippen LogP) is 4.56. The molecule has 1 heterocycles. The Morgan fingerprint density at radius 1 is 1.19 bits per heavy atom. The van der Waals surface area contributed by atoms with Gasteiger partial charge in [0.05, 0.1) is 17.3 Å². The van der Waals surface area contributed by atoms with Crippen LogP contribution in [0.4, 0.5) is 10.1 Å². The molecule has 0 bridgehead atoms. The van der Waals surface area contributed by atoms with Gasteiger partial charge in [0.25, 0.3) is 0 Å². The van der Waals surface area contributed by atoms with Gasteiger partial charge in [-0.25, -0.2) is 4.39 Å². The van der Waals surface area contributed by atoms with Crippen molar-refractivity contribution in [2.24, 2.45) is 0 Å². The summed E-state index contributed by atoms with van der Waals surface area (Å²) in [6, 6.07) is 6.33. The molecule has 0 unspecified atom stereocenters. The molecule has 0 amide bonds. The minimum atomic E-state index is -0.267. The summed E-state index contributed by atoms with van der Waals surface area (Å²) in [6.45, 7) is 0.539. The molecule has 0 atom stereocenters. The van der Waals surface area contributed by atoms with Gasteiger partial charge in [0, 0.05) is 10.2 Å². The SMILES string of the molecule is Fc1ccc(NCc2occc2Br)c(Br)c1. The molecule has 0 saturated heterocycles. The lowest BCUT2D eigenvalue weighted by atomic mass is 10.3. The minimum absolute atomic E-state index is 0.267. The molecule has 84 valence electrons. The van der Waals surface area contributed by atoms with Gasteiger partial charge in [-0.05, 0) is 56.1 Å². The summed E-state index contributed by atoms with van der Waals surface area (Å²) in [5.41, 5.74) is 0.824. The van der Waals surface area contributed by atoms with Gasteiger partial charge in [0.15, 0.2) is 0 Å². The highest BCUT2D eigenvalue weighted by Gasteiger charge is 2.05. The van der Waals surface area contributed by atoms with Crippen LogP contribution in [0.5, 0.6) is 0 Å². The number of rotatable bonds is 3. The van der Waals surface area contributed by atoms with E-state index in [2.05, 4.69) is 37.2 Å². The molecular formula is C11H8Br2FNO. The zero-order chi connectivity index (χ0) is 11.5. The van der Waals surface area contributed by atoms with Crippen molar-refractivity contribution < 1.29 is 8.81 Å². The summed E-state index contributed by atoms with van der Waals surface area (Å²) >= 11 is 6.65. The zero-order valence-electron chi connectivity index (χ0n) is 8.14. The normalized spacial score (nSPS) is 10.4. The number of hydrogen-bond donors (Lipinski definition) is 1. The number of furan rings is 1. The number of hydrogen-bond acceptors (Lipinski definition) is 2. The molecule has 1 aromatic carbocycles. The lowest BCUT2D eigenvalue weighted by Crippen LogP contribution is -1.99. The molecule has 0 aliphatic rings. The molecule has 2 aromatic rings. The van der Waals surface area contributed by atoms with E-state index in [4.69, 9.17) is 4.42 Å². The van der Waals surface area contributed by atoms with Crippen LogP contribution < -0.4 is 5.32 Å². The molecule has 0 fully saturated rings. The Labute approximate surface area is 109 Å². The van der Waals surface area contributed by atoms with Gasteiger partial charge >= 0.3 is 0 Å². The topological polar surface area (TPSA) is 25.2 Å². The van der Waals surface area contributed by atoms with E-state index in [0.29, 0.717) is 11.0 Å². The Morgan fingerprint density at radius 2 is 2.00 bits per heavy atom. The summed E-state index contributed by atoms with van der Waals surface area (Å²) in [4.78, 5) is 0. The van der Waals surface area contributed by atoms with Gasteiger partial charge in [0.1, 0.15) is 11.6 Å². The number of anilines is 1. The second-order valence-corrected chi connectivity index (χ2v) is 4.88. The fourth-order valence-corrected chi connectivity index (χ4v) is 2.09. The fraction of sp³-hybridized carbons (Fsp3) is 0.0909. The smallest absolute Gasteiger partial charge is 0.136 e. The highest BCUT2D eigenvalue weighted by molar-refractivity contribution is 9.10. The first-order valence-electron chi connectivity index (χ1n) is 4.57. The molecule has 5 heteroatoms. The Kier molecular flexibility index (Phi) is 3.66. The summed E-state index contributed by atoms with van der Waals surface area (Å²) in [7, 11) is 0. The Balaban J connectivity index is 2.08. The van der Waals surface area contributed by atoms with Crippen molar-refractivity contribution in [1.29, 1.82) is 0 Å². The summed E-state index contributed by atoms with van der Waals surface area (Å²) in [5.74, 6) is 0.535. The van der Waals surface area contributed by atoms with E-state index < -0.39 is 0 Å². The zero-order valence-corrected chi connectivity index (χ0v) is 11.3. The van der Waals surface area contributed by atoms with Crippen molar-refractivity contribution in [2.75, 3.05) is 5.32 Å². The molecule has 0 spiro atoms. The van der Waals surface area contributed by atoms with Gasteiger partial charge < -0.3 is 9.73 Å². The molecule has 1 aromatic heterocycles. The van der Waals surface area contributed by atoms with E-state index >= 15 is 0 Å². The standard InChI is InChI=1S/C11H8Br2FNO/c12-8-3-4-16-11(8)6-15-10-2-1-7(14)5-9(10)13/h1-5,15H,6H2. The first-order chi connectivity index (χ1) is 7.66. The van der Waals surface area contributed by atoms with E-state index in [-0.39, 0.29) is 5.82 Å². The summed E-state index contributed by atoms with van der Waals surface area (Å²) in [5, 5.41) is 3.15. The van der Waals surface area contributed by atoms with E-state index in [9.17, 15) is 4.39 Å². The van der Waals surface area contributed by atoms with E-state index in [1.165, 1.54) is 12.1 Å². The molecule has 2 rings (SSSR count). The molecular weight excluding hydrogens is 341 g/mol.